The summed E-state index contributed by atoms with van der Waals surface area (Å²) >= 11 is 10.6. The van der Waals surface area contributed by atoms with Crippen molar-refractivity contribution < 1.29 is 9.47 Å². The number of rotatable bonds is 7. The van der Waals surface area contributed by atoms with Gasteiger partial charge in [0.15, 0.2) is 6.29 Å². The van der Waals surface area contributed by atoms with Crippen LogP contribution < -0.4 is 10.6 Å². The molecule has 156 valence electrons. The van der Waals surface area contributed by atoms with Crippen molar-refractivity contribution in [2.75, 3.05) is 24.3 Å². The Morgan fingerprint density at radius 1 is 1.17 bits per heavy atom. The molecule has 1 aliphatic rings. The molecule has 0 amide bonds. The highest BCUT2D eigenvalue weighted by molar-refractivity contribution is 9.10. The van der Waals surface area contributed by atoms with Gasteiger partial charge in [-0.1, -0.05) is 52.0 Å². The van der Waals surface area contributed by atoms with E-state index in [1.54, 1.807) is 18.1 Å². The van der Waals surface area contributed by atoms with Crippen LogP contribution in [0.3, 0.4) is 0 Å². The summed E-state index contributed by atoms with van der Waals surface area (Å²) in [5.41, 5.74) is 2.96. The molecule has 9 heteroatoms. The first-order valence-electron chi connectivity index (χ1n) is 9.57. The molecular formula is C21H21BrN4O2S2. The molecule has 0 aliphatic carbocycles. The Morgan fingerprint density at radius 3 is 2.87 bits per heavy atom. The summed E-state index contributed by atoms with van der Waals surface area (Å²) in [6.45, 7) is 2.01. The Labute approximate surface area is 193 Å². The fraction of sp³-hybridized carbons (Fsp3) is 0.286. The van der Waals surface area contributed by atoms with Gasteiger partial charge in [-0.25, -0.2) is 9.97 Å². The van der Waals surface area contributed by atoms with E-state index in [0.717, 1.165) is 48.9 Å². The molecule has 30 heavy (non-hydrogen) atoms. The van der Waals surface area contributed by atoms with Crippen LogP contribution in [0.15, 0.2) is 53.3 Å². The molecule has 0 unspecified atom stereocenters. The average molecular weight is 505 g/mol. The Balaban J connectivity index is 1.37. The largest absolute Gasteiger partial charge is 0.367 e. The van der Waals surface area contributed by atoms with Gasteiger partial charge in [0.05, 0.1) is 18.7 Å². The lowest BCUT2D eigenvalue weighted by molar-refractivity contribution is -0.0421. The molecule has 4 rings (SSSR count). The number of halogens is 1. The van der Waals surface area contributed by atoms with Gasteiger partial charge in [-0.05, 0) is 35.9 Å². The van der Waals surface area contributed by atoms with Gasteiger partial charge in [-0.3, -0.25) is 0 Å². The van der Waals surface area contributed by atoms with E-state index in [4.69, 9.17) is 21.7 Å². The van der Waals surface area contributed by atoms with Gasteiger partial charge in [-0.15, -0.1) is 0 Å². The number of fused-ring (bicyclic) bond motifs is 1. The van der Waals surface area contributed by atoms with Crippen LogP contribution >= 0.6 is 39.9 Å². The van der Waals surface area contributed by atoms with Crippen molar-refractivity contribution in [3.63, 3.8) is 0 Å². The summed E-state index contributed by atoms with van der Waals surface area (Å²) in [4.78, 5) is 8.82. The van der Waals surface area contributed by atoms with E-state index in [0.29, 0.717) is 19.8 Å². The monoisotopic (exact) mass is 504 g/mol. The van der Waals surface area contributed by atoms with Crippen molar-refractivity contribution in [2.45, 2.75) is 19.3 Å². The van der Waals surface area contributed by atoms with Crippen molar-refractivity contribution in [1.82, 2.24) is 15.3 Å². The van der Waals surface area contributed by atoms with Gasteiger partial charge in [0, 0.05) is 34.3 Å². The second-order valence-corrected chi connectivity index (χ2v) is 9.35. The summed E-state index contributed by atoms with van der Waals surface area (Å²) in [7, 11) is 0. The molecule has 6 nitrogen and oxygen atoms in total. The van der Waals surface area contributed by atoms with Crippen molar-refractivity contribution in [3.8, 4) is 0 Å². The number of hydrogen-bond acceptors (Lipinski definition) is 7. The van der Waals surface area contributed by atoms with Crippen LogP contribution in [0.1, 0.15) is 12.0 Å². The van der Waals surface area contributed by atoms with Gasteiger partial charge >= 0.3 is 0 Å². The van der Waals surface area contributed by atoms with Crippen LogP contribution in [0.25, 0.3) is 10.9 Å². The van der Waals surface area contributed by atoms with E-state index in [1.165, 1.54) is 0 Å². The number of anilines is 2. The zero-order valence-corrected chi connectivity index (χ0v) is 19.4. The third-order valence-corrected chi connectivity index (χ3v) is 6.34. The molecule has 0 bridgehead atoms. The summed E-state index contributed by atoms with van der Waals surface area (Å²) in [6, 6.07) is 14.1. The summed E-state index contributed by atoms with van der Waals surface area (Å²) in [5, 5.41) is 7.65. The summed E-state index contributed by atoms with van der Waals surface area (Å²) in [6.07, 6.45) is 2.33. The number of thiocarbonyl (C=S) groups is 1. The van der Waals surface area contributed by atoms with E-state index >= 15 is 0 Å². The lowest BCUT2D eigenvalue weighted by atomic mass is 10.1. The highest BCUT2D eigenvalue weighted by Crippen LogP contribution is 2.25. The maximum atomic E-state index is 5.45. The fourth-order valence-electron chi connectivity index (χ4n) is 3.06. The number of thioether (sulfide) groups is 1. The molecule has 1 aliphatic heterocycles. The minimum Gasteiger partial charge on any atom is -0.367 e. The molecule has 1 saturated heterocycles. The zero-order chi connectivity index (χ0) is 20.8. The summed E-state index contributed by atoms with van der Waals surface area (Å²) < 4.78 is 12.7. The van der Waals surface area contributed by atoms with Crippen molar-refractivity contribution in [3.05, 3.63) is 58.8 Å². The third kappa shape index (κ3) is 5.89. The molecule has 0 saturated carbocycles. The van der Waals surface area contributed by atoms with Crippen LogP contribution in [0.2, 0.25) is 0 Å². The highest BCUT2D eigenvalue weighted by atomic mass is 79.9. The molecule has 2 heterocycles. The molecule has 0 atom stereocenters. The van der Waals surface area contributed by atoms with Crippen LogP contribution in [0, 0.1) is 0 Å². The number of nitrogens with zero attached hydrogens (tertiary/aromatic N) is 2. The first kappa shape index (κ1) is 21.5. The van der Waals surface area contributed by atoms with Crippen molar-refractivity contribution >= 4 is 66.6 Å². The Hall–Kier alpha value is -1.78. The van der Waals surface area contributed by atoms with Crippen LogP contribution in [-0.2, 0) is 16.0 Å². The minimum absolute atomic E-state index is 0.0862. The Morgan fingerprint density at radius 2 is 2.03 bits per heavy atom. The van der Waals surface area contributed by atoms with Crippen LogP contribution in [0.5, 0.6) is 0 Å². The van der Waals surface area contributed by atoms with Crippen LogP contribution in [-0.4, -0.2) is 39.5 Å². The Bertz CT molecular complexity index is 1030. The molecule has 1 fully saturated rings. The maximum absolute atomic E-state index is 5.45. The minimum atomic E-state index is -0.0862. The topological polar surface area (TPSA) is 68.3 Å². The molecule has 3 aromatic rings. The van der Waals surface area contributed by atoms with E-state index in [-0.39, 0.29) is 6.29 Å². The molecule has 0 spiro atoms. The van der Waals surface area contributed by atoms with Gasteiger partial charge in [0.25, 0.3) is 0 Å². The number of aromatic nitrogens is 2. The van der Waals surface area contributed by atoms with E-state index in [1.807, 2.05) is 30.3 Å². The zero-order valence-electron chi connectivity index (χ0n) is 16.1. The van der Waals surface area contributed by atoms with Crippen molar-refractivity contribution in [1.29, 1.82) is 0 Å². The Kier molecular flexibility index (Phi) is 7.51. The molecule has 2 N–H and O–H groups in total. The van der Waals surface area contributed by atoms with Crippen LogP contribution in [0.4, 0.5) is 11.5 Å². The van der Waals surface area contributed by atoms with E-state index in [2.05, 4.69) is 48.7 Å². The summed E-state index contributed by atoms with van der Waals surface area (Å²) in [5.74, 6) is 1.64. The standard InChI is InChI=1S/C21H21BrN4O2S2/c22-15-2-1-3-16(11-15)26-20-17-10-14(4-5-18(17)24-13-25-20)12-23-21(29)30-9-6-19-27-7-8-28-19/h1-5,10-11,13,19H,6-9,12H2,(H,23,29)(H,24,25,26). The third-order valence-electron chi connectivity index (χ3n) is 4.50. The fourth-order valence-corrected chi connectivity index (χ4v) is 4.45. The maximum Gasteiger partial charge on any atom is 0.158 e. The normalized spacial score (nSPS) is 14.2. The first-order chi connectivity index (χ1) is 14.7. The van der Waals surface area contributed by atoms with E-state index in [9.17, 15) is 0 Å². The molecule has 2 aromatic carbocycles. The van der Waals surface area contributed by atoms with Crippen molar-refractivity contribution in [2.24, 2.45) is 0 Å². The highest BCUT2D eigenvalue weighted by Gasteiger charge is 2.15. The van der Waals surface area contributed by atoms with Gasteiger partial charge < -0.3 is 20.1 Å². The van der Waals surface area contributed by atoms with Gasteiger partial charge in [-0.2, -0.15) is 0 Å². The molecule has 1 aromatic heterocycles. The lowest BCUT2D eigenvalue weighted by Gasteiger charge is -2.12. The smallest absolute Gasteiger partial charge is 0.158 e. The SMILES string of the molecule is S=C(NCc1ccc2ncnc(Nc3cccc(Br)c3)c2c1)SCCC1OCCO1. The quantitative estimate of drug-likeness (QED) is 0.435. The second kappa shape index (κ2) is 10.5. The molecular weight excluding hydrogens is 484 g/mol. The predicted octanol–water partition coefficient (Wildman–Crippen LogP) is 5.01. The van der Waals surface area contributed by atoms with Gasteiger partial charge in [0.1, 0.15) is 16.5 Å². The number of ether oxygens (including phenoxy) is 2. The molecule has 0 radical (unpaired) electrons. The predicted molar refractivity (Wildman–Crippen MR) is 129 cm³/mol. The number of benzene rings is 2. The lowest BCUT2D eigenvalue weighted by Crippen LogP contribution is -2.19. The van der Waals surface area contributed by atoms with E-state index < -0.39 is 0 Å². The second-order valence-electron chi connectivity index (χ2n) is 6.66. The van der Waals surface area contributed by atoms with Gasteiger partial charge in [0.2, 0.25) is 0 Å². The first-order valence-corrected chi connectivity index (χ1v) is 11.8. The number of nitrogens with one attached hydrogen (secondary N) is 2. The average Bonchev–Trinajstić information content (AvgIpc) is 3.26. The number of hydrogen-bond donors (Lipinski definition) is 2.